The zero-order valence-corrected chi connectivity index (χ0v) is 15.4. The quantitative estimate of drug-likeness (QED) is 0.771. The summed E-state index contributed by atoms with van der Waals surface area (Å²) in [6.45, 7) is 5.26. The Kier molecular flexibility index (Phi) is 5.78. The molecule has 1 atom stereocenters. The van der Waals surface area contributed by atoms with E-state index in [-0.39, 0.29) is 24.5 Å². The van der Waals surface area contributed by atoms with Crippen molar-refractivity contribution in [3.8, 4) is 10.6 Å². The van der Waals surface area contributed by atoms with E-state index in [1.54, 1.807) is 13.0 Å². The molecule has 0 aliphatic carbocycles. The Labute approximate surface area is 150 Å². The summed E-state index contributed by atoms with van der Waals surface area (Å²) in [5.74, 6) is -1.18. The maximum absolute atomic E-state index is 12.3. The smallest absolute Gasteiger partial charge is 0.310 e. The number of aromatic nitrogens is 1. The predicted molar refractivity (Wildman–Crippen MR) is 96.5 cm³/mol. The SMILES string of the molecule is CC(C)C(C)(CC(=O)Cc1csc(-c2cccc(Cl)c2)n1)C(=O)O. The van der Waals surface area contributed by atoms with Gasteiger partial charge in [0.15, 0.2) is 0 Å². The second-order valence-corrected chi connectivity index (χ2v) is 7.72. The molecule has 1 N–H and O–H groups in total. The number of aliphatic carboxylic acids is 1. The van der Waals surface area contributed by atoms with E-state index in [1.807, 2.05) is 37.4 Å². The molecule has 4 nitrogen and oxygen atoms in total. The highest BCUT2D eigenvalue weighted by molar-refractivity contribution is 7.13. The molecule has 0 saturated carbocycles. The van der Waals surface area contributed by atoms with Crippen molar-refractivity contribution in [2.24, 2.45) is 11.3 Å². The first-order valence-corrected chi connectivity index (χ1v) is 8.93. The maximum Gasteiger partial charge on any atom is 0.310 e. The number of carbonyl (C=O) groups is 2. The summed E-state index contributed by atoms with van der Waals surface area (Å²) in [5.41, 5.74) is 0.517. The van der Waals surface area contributed by atoms with Gasteiger partial charge in [0, 0.05) is 28.8 Å². The van der Waals surface area contributed by atoms with Crippen LogP contribution in [-0.2, 0) is 16.0 Å². The number of hydrogen-bond acceptors (Lipinski definition) is 4. The Morgan fingerprint density at radius 1 is 1.38 bits per heavy atom. The second-order valence-electron chi connectivity index (χ2n) is 6.42. The predicted octanol–water partition coefficient (Wildman–Crippen LogP) is 4.71. The van der Waals surface area contributed by atoms with Crippen molar-refractivity contribution in [2.75, 3.05) is 0 Å². The van der Waals surface area contributed by atoms with E-state index >= 15 is 0 Å². The van der Waals surface area contributed by atoms with Gasteiger partial charge in [-0.2, -0.15) is 0 Å². The number of thiazole rings is 1. The molecule has 24 heavy (non-hydrogen) atoms. The average Bonchev–Trinajstić information content (AvgIpc) is 2.95. The first-order valence-electron chi connectivity index (χ1n) is 7.68. The molecule has 128 valence electrons. The van der Waals surface area contributed by atoms with Gasteiger partial charge in [0.25, 0.3) is 0 Å². The van der Waals surface area contributed by atoms with Crippen LogP contribution < -0.4 is 0 Å². The van der Waals surface area contributed by atoms with Crippen LogP contribution in [0.3, 0.4) is 0 Å². The van der Waals surface area contributed by atoms with Gasteiger partial charge in [-0.15, -0.1) is 11.3 Å². The number of ketones is 1. The van der Waals surface area contributed by atoms with Crippen molar-refractivity contribution < 1.29 is 14.7 Å². The second kappa shape index (κ2) is 7.45. The van der Waals surface area contributed by atoms with Gasteiger partial charge in [-0.1, -0.05) is 37.6 Å². The lowest BCUT2D eigenvalue weighted by Gasteiger charge is -2.28. The topological polar surface area (TPSA) is 67.3 Å². The molecule has 0 spiro atoms. The van der Waals surface area contributed by atoms with Crippen molar-refractivity contribution in [2.45, 2.75) is 33.6 Å². The van der Waals surface area contributed by atoms with Crippen LogP contribution in [0, 0.1) is 11.3 Å². The summed E-state index contributed by atoms with van der Waals surface area (Å²) in [7, 11) is 0. The standard InChI is InChI=1S/C18H20ClNO3S/c1-11(2)18(3,17(22)23)9-15(21)8-14-10-24-16(20-14)12-5-4-6-13(19)7-12/h4-7,10-11H,8-9H2,1-3H3,(H,22,23). The van der Waals surface area contributed by atoms with Crippen LogP contribution in [0.15, 0.2) is 29.6 Å². The minimum absolute atomic E-state index is 0.00399. The van der Waals surface area contributed by atoms with Crippen LogP contribution in [0.2, 0.25) is 5.02 Å². The largest absolute Gasteiger partial charge is 0.481 e. The van der Waals surface area contributed by atoms with Gasteiger partial charge in [-0.25, -0.2) is 4.98 Å². The fraction of sp³-hybridized carbons (Fsp3) is 0.389. The zero-order chi connectivity index (χ0) is 17.9. The third kappa shape index (κ3) is 4.22. The minimum atomic E-state index is -1.05. The van der Waals surface area contributed by atoms with Gasteiger partial charge in [0.2, 0.25) is 0 Å². The lowest BCUT2D eigenvalue weighted by molar-refractivity contribution is -0.153. The van der Waals surface area contributed by atoms with Crippen LogP contribution in [0.25, 0.3) is 10.6 Å². The molecule has 1 aromatic carbocycles. The molecule has 0 fully saturated rings. The minimum Gasteiger partial charge on any atom is -0.481 e. The van der Waals surface area contributed by atoms with Gasteiger partial charge in [-0.3, -0.25) is 9.59 Å². The van der Waals surface area contributed by atoms with E-state index in [1.165, 1.54) is 11.3 Å². The zero-order valence-electron chi connectivity index (χ0n) is 13.9. The summed E-state index contributed by atoms with van der Waals surface area (Å²) >= 11 is 7.43. The molecule has 0 aliphatic rings. The number of carboxylic acid groups (broad SMARTS) is 1. The number of rotatable bonds is 7. The number of benzene rings is 1. The first-order chi connectivity index (χ1) is 11.2. The number of Topliss-reactive ketones (excluding diaryl/α,β-unsaturated/α-hetero) is 1. The van der Waals surface area contributed by atoms with Gasteiger partial charge < -0.3 is 5.11 Å². The van der Waals surface area contributed by atoms with Crippen molar-refractivity contribution in [1.29, 1.82) is 0 Å². The molecule has 6 heteroatoms. The summed E-state index contributed by atoms with van der Waals surface area (Å²) in [6, 6.07) is 7.38. The Hall–Kier alpha value is -1.72. The third-order valence-electron chi connectivity index (χ3n) is 4.33. The fourth-order valence-electron chi connectivity index (χ4n) is 2.34. The van der Waals surface area contributed by atoms with Gasteiger partial charge in [-0.05, 0) is 25.0 Å². The highest BCUT2D eigenvalue weighted by Gasteiger charge is 2.38. The van der Waals surface area contributed by atoms with Crippen LogP contribution in [0.5, 0.6) is 0 Å². The highest BCUT2D eigenvalue weighted by atomic mass is 35.5. The summed E-state index contributed by atoms with van der Waals surface area (Å²) in [5, 5.41) is 12.7. The molecule has 0 bridgehead atoms. The first kappa shape index (κ1) is 18.6. The number of carboxylic acids is 1. The summed E-state index contributed by atoms with van der Waals surface area (Å²) in [6.07, 6.45) is 0.149. The molecule has 1 heterocycles. The molecule has 0 radical (unpaired) electrons. The number of hydrogen-bond donors (Lipinski definition) is 1. The lowest BCUT2D eigenvalue weighted by Crippen LogP contribution is -2.35. The fourth-order valence-corrected chi connectivity index (χ4v) is 3.35. The molecular weight excluding hydrogens is 346 g/mol. The molecular formula is C18H20ClNO3S. The van der Waals surface area contributed by atoms with E-state index in [0.717, 1.165) is 10.6 Å². The van der Waals surface area contributed by atoms with Crippen LogP contribution >= 0.6 is 22.9 Å². The highest BCUT2D eigenvalue weighted by Crippen LogP contribution is 2.32. The van der Waals surface area contributed by atoms with Crippen LogP contribution in [0.1, 0.15) is 32.9 Å². The van der Waals surface area contributed by atoms with Crippen molar-refractivity contribution in [3.63, 3.8) is 0 Å². The van der Waals surface area contributed by atoms with Gasteiger partial charge in [0.05, 0.1) is 11.1 Å². The molecule has 2 rings (SSSR count). The van der Waals surface area contributed by atoms with Gasteiger partial charge >= 0.3 is 5.97 Å². The Bertz CT molecular complexity index is 756. The van der Waals surface area contributed by atoms with Crippen molar-refractivity contribution in [3.05, 3.63) is 40.4 Å². The van der Waals surface area contributed by atoms with Crippen LogP contribution in [-0.4, -0.2) is 21.8 Å². The maximum atomic E-state index is 12.3. The lowest BCUT2D eigenvalue weighted by atomic mass is 9.75. The number of carbonyl (C=O) groups excluding carboxylic acids is 1. The third-order valence-corrected chi connectivity index (χ3v) is 5.50. The van der Waals surface area contributed by atoms with E-state index in [9.17, 15) is 14.7 Å². The van der Waals surface area contributed by atoms with Gasteiger partial charge in [0.1, 0.15) is 10.8 Å². The van der Waals surface area contributed by atoms with Crippen LogP contribution in [0.4, 0.5) is 0 Å². The Morgan fingerprint density at radius 2 is 2.08 bits per heavy atom. The molecule has 0 amide bonds. The normalized spacial score (nSPS) is 13.7. The molecule has 1 aromatic heterocycles. The summed E-state index contributed by atoms with van der Waals surface area (Å²) < 4.78 is 0. The van der Waals surface area contributed by atoms with E-state index in [2.05, 4.69) is 4.98 Å². The van der Waals surface area contributed by atoms with E-state index in [0.29, 0.717) is 10.7 Å². The summed E-state index contributed by atoms with van der Waals surface area (Å²) in [4.78, 5) is 28.3. The van der Waals surface area contributed by atoms with Crippen molar-refractivity contribution >= 4 is 34.7 Å². The molecule has 0 aliphatic heterocycles. The van der Waals surface area contributed by atoms with E-state index in [4.69, 9.17) is 11.6 Å². The molecule has 1 unspecified atom stereocenters. The number of nitrogens with zero attached hydrogens (tertiary/aromatic N) is 1. The Balaban J connectivity index is 2.09. The molecule has 2 aromatic rings. The number of halogens is 1. The van der Waals surface area contributed by atoms with Crippen molar-refractivity contribution in [1.82, 2.24) is 4.98 Å². The molecule has 0 saturated heterocycles. The average molecular weight is 366 g/mol. The Morgan fingerprint density at radius 3 is 2.67 bits per heavy atom. The van der Waals surface area contributed by atoms with E-state index < -0.39 is 11.4 Å². The monoisotopic (exact) mass is 365 g/mol.